The van der Waals surface area contributed by atoms with Crippen molar-refractivity contribution in [1.82, 2.24) is 5.32 Å². The van der Waals surface area contributed by atoms with Gasteiger partial charge in [-0.1, -0.05) is 28.1 Å². The van der Waals surface area contributed by atoms with Gasteiger partial charge < -0.3 is 4.74 Å². The van der Waals surface area contributed by atoms with Gasteiger partial charge >= 0.3 is 5.97 Å². The Balaban J connectivity index is 2.29. The molecule has 0 radical (unpaired) electrons. The van der Waals surface area contributed by atoms with Crippen molar-refractivity contribution < 1.29 is 19.1 Å². The molecule has 0 aliphatic carbocycles. The molecule has 1 unspecified atom stereocenters. The van der Waals surface area contributed by atoms with Gasteiger partial charge in [0.2, 0.25) is 0 Å². The highest BCUT2D eigenvalue weighted by Crippen LogP contribution is 2.22. The van der Waals surface area contributed by atoms with Crippen LogP contribution >= 0.6 is 15.9 Å². The monoisotopic (exact) mass is 325 g/mol. The van der Waals surface area contributed by atoms with Crippen molar-refractivity contribution >= 4 is 33.7 Å². The maximum absolute atomic E-state index is 11.7. The Hall–Kier alpha value is -1.69. The highest BCUT2D eigenvalue weighted by Gasteiger charge is 2.29. The van der Waals surface area contributed by atoms with Gasteiger partial charge in [-0.2, -0.15) is 0 Å². The molecule has 5 nitrogen and oxygen atoms in total. The van der Waals surface area contributed by atoms with Crippen molar-refractivity contribution in [3.05, 3.63) is 34.9 Å². The first-order chi connectivity index (χ1) is 9.02. The van der Waals surface area contributed by atoms with Gasteiger partial charge in [-0.3, -0.25) is 19.7 Å². The van der Waals surface area contributed by atoms with Crippen molar-refractivity contribution in [1.29, 1.82) is 0 Å². The lowest BCUT2D eigenvalue weighted by molar-refractivity contribution is -0.145. The normalized spacial score (nSPS) is 14.8. The highest BCUT2D eigenvalue weighted by molar-refractivity contribution is 9.09. The number of alkyl halides is 1. The molecule has 2 amide bonds. The zero-order valence-corrected chi connectivity index (χ0v) is 11.8. The summed E-state index contributed by atoms with van der Waals surface area (Å²) >= 11 is 3.26. The smallest absolute Gasteiger partial charge is 0.302 e. The molecule has 1 aliphatic rings. The molecule has 1 aromatic rings. The summed E-state index contributed by atoms with van der Waals surface area (Å²) in [6, 6.07) is 5.08. The van der Waals surface area contributed by atoms with Gasteiger partial charge in [-0.05, 0) is 11.6 Å². The van der Waals surface area contributed by atoms with Crippen LogP contribution < -0.4 is 5.32 Å². The first-order valence-corrected chi connectivity index (χ1v) is 6.85. The SMILES string of the molecule is CC(=O)OC(CBr)Cc1cccc2c1C(=O)NC2=O. The number of benzene rings is 1. The minimum absolute atomic E-state index is 0.368. The summed E-state index contributed by atoms with van der Waals surface area (Å²) < 4.78 is 5.12. The Morgan fingerprint density at radius 1 is 1.37 bits per heavy atom. The fraction of sp³-hybridized carbons (Fsp3) is 0.308. The third kappa shape index (κ3) is 2.84. The van der Waals surface area contributed by atoms with E-state index < -0.39 is 5.91 Å². The summed E-state index contributed by atoms with van der Waals surface area (Å²) in [5.74, 6) is -1.16. The van der Waals surface area contributed by atoms with Gasteiger partial charge in [0, 0.05) is 18.7 Å². The first-order valence-electron chi connectivity index (χ1n) is 5.73. The van der Waals surface area contributed by atoms with E-state index in [1.807, 2.05) is 0 Å². The Morgan fingerprint density at radius 2 is 2.11 bits per heavy atom. The van der Waals surface area contributed by atoms with Crippen LogP contribution in [-0.2, 0) is 16.0 Å². The van der Waals surface area contributed by atoms with E-state index in [0.717, 1.165) is 0 Å². The number of carbonyl (C=O) groups is 3. The summed E-state index contributed by atoms with van der Waals surface area (Å²) in [7, 11) is 0. The molecule has 0 spiro atoms. The second-order valence-corrected chi connectivity index (χ2v) is 4.86. The number of halogens is 1. The van der Waals surface area contributed by atoms with E-state index in [2.05, 4.69) is 21.2 Å². The zero-order valence-electron chi connectivity index (χ0n) is 10.2. The second kappa shape index (κ2) is 5.52. The standard InChI is InChI=1S/C13H12BrNO4/c1-7(16)19-9(6-14)5-8-3-2-4-10-11(8)13(18)15-12(10)17/h2-4,9H,5-6H2,1H3,(H,15,17,18). The third-order valence-corrected chi connectivity index (χ3v) is 3.52. The average Bonchev–Trinajstić information content (AvgIpc) is 2.64. The Kier molecular flexibility index (Phi) is 3.99. The number of esters is 1. The van der Waals surface area contributed by atoms with Crippen LogP contribution in [0, 0.1) is 0 Å². The van der Waals surface area contributed by atoms with E-state index in [9.17, 15) is 14.4 Å². The van der Waals surface area contributed by atoms with E-state index in [-0.39, 0.29) is 18.0 Å². The molecule has 2 rings (SSSR count). The summed E-state index contributed by atoms with van der Waals surface area (Å²) in [6.07, 6.45) is 0.0156. The van der Waals surface area contributed by atoms with Gasteiger partial charge in [-0.25, -0.2) is 0 Å². The Morgan fingerprint density at radius 3 is 2.74 bits per heavy atom. The summed E-state index contributed by atoms with van der Waals surface area (Å²) in [6.45, 7) is 1.33. The minimum Gasteiger partial charge on any atom is -0.461 e. The number of ether oxygens (including phenoxy) is 1. The summed E-state index contributed by atoms with van der Waals surface area (Å²) in [4.78, 5) is 34.2. The van der Waals surface area contributed by atoms with Crippen LogP contribution in [0.1, 0.15) is 33.2 Å². The molecule has 0 aromatic heterocycles. The second-order valence-electron chi connectivity index (χ2n) is 4.21. The number of hydrogen-bond acceptors (Lipinski definition) is 4. The molecule has 1 atom stereocenters. The molecule has 0 fully saturated rings. The quantitative estimate of drug-likeness (QED) is 0.516. The number of fused-ring (bicyclic) bond motifs is 1. The fourth-order valence-corrected chi connectivity index (χ4v) is 2.43. The zero-order chi connectivity index (χ0) is 14.0. The molecule has 19 heavy (non-hydrogen) atoms. The van der Waals surface area contributed by atoms with E-state index in [1.165, 1.54) is 6.92 Å². The molecular formula is C13H12BrNO4. The van der Waals surface area contributed by atoms with Gasteiger partial charge in [0.15, 0.2) is 0 Å². The fourth-order valence-electron chi connectivity index (χ4n) is 2.07. The highest BCUT2D eigenvalue weighted by atomic mass is 79.9. The topological polar surface area (TPSA) is 72.5 Å². The van der Waals surface area contributed by atoms with E-state index >= 15 is 0 Å². The lowest BCUT2D eigenvalue weighted by Gasteiger charge is -2.15. The van der Waals surface area contributed by atoms with Crippen LogP contribution in [0.4, 0.5) is 0 Å². The Labute approximate surface area is 118 Å². The van der Waals surface area contributed by atoms with Gasteiger partial charge in [0.25, 0.3) is 11.8 Å². The van der Waals surface area contributed by atoms with E-state index in [4.69, 9.17) is 4.74 Å². The molecular weight excluding hydrogens is 314 g/mol. The molecule has 0 bridgehead atoms. The van der Waals surface area contributed by atoms with Crippen molar-refractivity contribution in [3.63, 3.8) is 0 Å². The van der Waals surface area contributed by atoms with Crippen LogP contribution in [0.5, 0.6) is 0 Å². The molecule has 6 heteroatoms. The predicted octanol–water partition coefficient (Wildman–Crippen LogP) is 1.44. The van der Waals surface area contributed by atoms with Crippen LogP contribution in [0.2, 0.25) is 0 Å². The largest absolute Gasteiger partial charge is 0.461 e. The Bertz CT molecular complexity index is 556. The maximum Gasteiger partial charge on any atom is 0.302 e. The molecule has 100 valence electrons. The summed E-state index contributed by atoms with van der Waals surface area (Å²) in [5, 5.41) is 2.72. The van der Waals surface area contributed by atoms with Crippen LogP contribution in [0.3, 0.4) is 0 Å². The van der Waals surface area contributed by atoms with Crippen molar-refractivity contribution in [3.8, 4) is 0 Å². The van der Waals surface area contributed by atoms with Crippen molar-refractivity contribution in [2.45, 2.75) is 19.4 Å². The van der Waals surface area contributed by atoms with Crippen molar-refractivity contribution in [2.75, 3.05) is 5.33 Å². The van der Waals surface area contributed by atoms with Crippen LogP contribution in [0.25, 0.3) is 0 Å². The number of amides is 2. The van der Waals surface area contributed by atoms with Crippen LogP contribution in [0.15, 0.2) is 18.2 Å². The molecule has 1 N–H and O–H groups in total. The number of imide groups is 1. The minimum atomic E-state index is -0.397. The lowest BCUT2D eigenvalue weighted by atomic mass is 9.98. The van der Waals surface area contributed by atoms with Crippen LogP contribution in [-0.4, -0.2) is 29.2 Å². The molecule has 1 heterocycles. The van der Waals surface area contributed by atoms with E-state index in [1.54, 1.807) is 18.2 Å². The molecule has 0 saturated carbocycles. The number of carbonyl (C=O) groups excluding carboxylic acids is 3. The third-order valence-electron chi connectivity index (χ3n) is 2.80. The summed E-state index contributed by atoms with van der Waals surface area (Å²) in [5.41, 5.74) is 1.45. The first kappa shape index (κ1) is 13.7. The predicted molar refractivity (Wildman–Crippen MR) is 71.3 cm³/mol. The molecule has 0 saturated heterocycles. The number of hydrogen-bond donors (Lipinski definition) is 1. The van der Waals surface area contributed by atoms with Gasteiger partial charge in [0.05, 0.1) is 11.1 Å². The van der Waals surface area contributed by atoms with Crippen molar-refractivity contribution in [2.24, 2.45) is 0 Å². The maximum atomic E-state index is 11.7. The average molecular weight is 326 g/mol. The lowest BCUT2D eigenvalue weighted by Crippen LogP contribution is -2.23. The van der Waals surface area contributed by atoms with E-state index in [0.29, 0.717) is 28.4 Å². The van der Waals surface area contributed by atoms with Gasteiger partial charge in [-0.15, -0.1) is 0 Å². The molecule has 1 aromatic carbocycles. The number of nitrogens with one attached hydrogen (secondary N) is 1. The number of rotatable bonds is 4. The molecule has 1 aliphatic heterocycles. The van der Waals surface area contributed by atoms with Gasteiger partial charge in [0.1, 0.15) is 6.10 Å².